The van der Waals surface area contributed by atoms with E-state index in [1.165, 1.54) is 6.07 Å². The van der Waals surface area contributed by atoms with Crippen LogP contribution in [0, 0.1) is 0 Å². The number of anilines is 1. The third-order valence-corrected chi connectivity index (χ3v) is 3.54. The van der Waals surface area contributed by atoms with Gasteiger partial charge in [-0.05, 0) is 42.0 Å². The van der Waals surface area contributed by atoms with Gasteiger partial charge >= 0.3 is 0 Å². The van der Waals surface area contributed by atoms with Gasteiger partial charge in [0.1, 0.15) is 6.10 Å². The minimum Gasteiger partial charge on any atom is -0.399 e. The van der Waals surface area contributed by atoms with Crippen molar-refractivity contribution >= 4 is 5.69 Å². The topological polar surface area (TPSA) is 35.2 Å². The SMILES string of the molecule is CC(C)(C)c1cc(N)cc(C(F)(F)C2CCCO2)c1. The first-order valence-electron chi connectivity index (χ1n) is 6.62. The molecule has 2 nitrogen and oxygen atoms in total. The van der Waals surface area contributed by atoms with Gasteiger partial charge in [0, 0.05) is 17.9 Å². The lowest BCUT2D eigenvalue weighted by Gasteiger charge is -2.26. The van der Waals surface area contributed by atoms with E-state index in [9.17, 15) is 8.78 Å². The number of nitrogens with two attached hydrogens (primary N) is 1. The highest BCUT2D eigenvalue weighted by atomic mass is 19.3. The van der Waals surface area contributed by atoms with Crippen molar-refractivity contribution in [2.45, 2.75) is 51.1 Å². The Morgan fingerprint density at radius 3 is 2.32 bits per heavy atom. The molecule has 1 atom stereocenters. The van der Waals surface area contributed by atoms with Gasteiger partial charge in [-0.15, -0.1) is 0 Å². The van der Waals surface area contributed by atoms with E-state index in [0.29, 0.717) is 25.1 Å². The monoisotopic (exact) mass is 269 g/mol. The quantitative estimate of drug-likeness (QED) is 0.828. The molecule has 1 heterocycles. The van der Waals surface area contributed by atoms with Crippen molar-refractivity contribution < 1.29 is 13.5 Å². The summed E-state index contributed by atoms with van der Waals surface area (Å²) in [6.45, 7) is 6.36. The first kappa shape index (κ1) is 14.3. The molecule has 1 aliphatic heterocycles. The second-order valence-electron chi connectivity index (χ2n) is 6.22. The molecule has 0 spiro atoms. The number of rotatable bonds is 2. The lowest BCUT2D eigenvalue weighted by molar-refractivity contribution is -0.122. The first-order chi connectivity index (χ1) is 8.71. The molecule has 1 fully saturated rings. The van der Waals surface area contributed by atoms with Crippen LogP contribution in [0.15, 0.2) is 18.2 Å². The number of hydrogen-bond donors (Lipinski definition) is 1. The number of ether oxygens (including phenoxy) is 1. The van der Waals surface area contributed by atoms with Crippen molar-refractivity contribution in [3.05, 3.63) is 29.3 Å². The van der Waals surface area contributed by atoms with Gasteiger partial charge in [0.25, 0.3) is 5.92 Å². The van der Waals surface area contributed by atoms with E-state index in [1.54, 1.807) is 12.1 Å². The smallest absolute Gasteiger partial charge is 0.298 e. The Morgan fingerprint density at radius 2 is 1.79 bits per heavy atom. The van der Waals surface area contributed by atoms with E-state index in [1.807, 2.05) is 20.8 Å². The second kappa shape index (κ2) is 4.75. The molecule has 19 heavy (non-hydrogen) atoms. The van der Waals surface area contributed by atoms with Crippen LogP contribution in [0.25, 0.3) is 0 Å². The van der Waals surface area contributed by atoms with E-state index >= 15 is 0 Å². The summed E-state index contributed by atoms with van der Waals surface area (Å²) >= 11 is 0. The van der Waals surface area contributed by atoms with Gasteiger partial charge in [0.2, 0.25) is 0 Å². The molecule has 1 aliphatic rings. The highest BCUT2D eigenvalue weighted by molar-refractivity contribution is 5.48. The molecule has 1 aromatic rings. The van der Waals surface area contributed by atoms with Crippen LogP contribution in [0.5, 0.6) is 0 Å². The van der Waals surface area contributed by atoms with Crippen LogP contribution in [-0.4, -0.2) is 12.7 Å². The largest absolute Gasteiger partial charge is 0.399 e. The summed E-state index contributed by atoms with van der Waals surface area (Å²) in [5, 5.41) is 0. The maximum Gasteiger partial charge on any atom is 0.298 e. The normalized spacial score (nSPS) is 20.8. The van der Waals surface area contributed by atoms with Crippen LogP contribution in [0.4, 0.5) is 14.5 Å². The molecule has 2 N–H and O–H groups in total. The van der Waals surface area contributed by atoms with Gasteiger partial charge in [0.05, 0.1) is 0 Å². The molecule has 0 saturated carbocycles. The van der Waals surface area contributed by atoms with Crippen molar-refractivity contribution in [1.82, 2.24) is 0 Å². The zero-order chi connectivity index (χ0) is 14.3. The molecule has 106 valence electrons. The minimum absolute atomic E-state index is 0.0377. The Labute approximate surface area is 112 Å². The lowest BCUT2D eigenvalue weighted by Crippen LogP contribution is -2.31. The molecular formula is C15H21F2NO. The van der Waals surface area contributed by atoms with Crippen LogP contribution in [-0.2, 0) is 16.1 Å². The fourth-order valence-electron chi connectivity index (χ4n) is 2.33. The molecule has 1 aromatic carbocycles. The number of benzene rings is 1. The van der Waals surface area contributed by atoms with E-state index < -0.39 is 12.0 Å². The van der Waals surface area contributed by atoms with Crippen LogP contribution in [0.3, 0.4) is 0 Å². The van der Waals surface area contributed by atoms with Gasteiger partial charge in [0.15, 0.2) is 0 Å². The predicted octanol–water partition coefficient (Wildman–Crippen LogP) is 3.84. The van der Waals surface area contributed by atoms with E-state index in [0.717, 1.165) is 5.56 Å². The van der Waals surface area contributed by atoms with Gasteiger partial charge in [-0.2, -0.15) is 8.78 Å². The molecular weight excluding hydrogens is 248 g/mol. The Bertz CT molecular complexity index is 460. The van der Waals surface area contributed by atoms with E-state index in [2.05, 4.69) is 0 Å². The highest BCUT2D eigenvalue weighted by Gasteiger charge is 2.44. The maximum absolute atomic E-state index is 14.4. The van der Waals surface area contributed by atoms with E-state index in [4.69, 9.17) is 10.5 Å². The first-order valence-corrected chi connectivity index (χ1v) is 6.62. The Morgan fingerprint density at radius 1 is 1.16 bits per heavy atom. The zero-order valence-corrected chi connectivity index (χ0v) is 11.7. The summed E-state index contributed by atoms with van der Waals surface area (Å²) in [4.78, 5) is 0. The van der Waals surface area contributed by atoms with Gasteiger partial charge in [-0.3, -0.25) is 0 Å². The number of nitrogen functional groups attached to an aromatic ring is 1. The van der Waals surface area contributed by atoms with Gasteiger partial charge in [-0.25, -0.2) is 0 Å². The summed E-state index contributed by atoms with van der Waals surface area (Å²) in [7, 11) is 0. The summed E-state index contributed by atoms with van der Waals surface area (Å²) < 4.78 is 34.0. The standard InChI is InChI=1S/C15H21F2NO/c1-14(2,3)10-7-11(9-12(18)8-10)15(16,17)13-5-4-6-19-13/h7-9,13H,4-6,18H2,1-3H3. The molecule has 0 aromatic heterocycles. The van der Waals surface area contributed by atoms with E-state index in [-0.39, 0.29) is 11.0 Å². The molecule has 0 bridgehead atoms. The molecule has 0 aliphatic carbocycles. The minimum atomic E-state index is -2.98. The molecule has 0 radical (unpaired) electrons. The Kier molecular flexibility index (Phi) is 3.56. The van der Waals surface area contributed by atoms with Crippen molar-refractivity contribution in [3.8, 4) is 0 Å². The molecule has 2 rings (SSSR count). The van der Waals surface area contributed by atoms with Crippen LogP contribution in [0.1, 0.15) is 44.7 Å². The van der Waals surface area contributed by atoms with Crippen LogP contribution >= 0.6 is 0 Å². The molecule has 0 amide bonds. The zero-order valence-electron chi connectivity index (χ0n) is 11.7. The summed E-state index contributed by atoms with van der Waals surface area (Å²) in [5.74, 6) is -2.98. The second-order valence-corrected chi connectivity index (χ2v) is 6.22. The molecule has 1 unspecified atom stereocenters. The summed E-state index contributed by atoms with van der Waals surface area (Å²) in [6.07, 6.45) is 0.0589. The fourth-order valence-corrected chi connectivity index (χ4v) is 2.33. The molecule has 4 heteroatoms. The van der Waals surface area contributed by atoms with Crippen LogP contribution in [0.2, 0.25) is 0 Å². The fraction of sp³-hybridized carbons (Fsp3) is 0.600. The number of halogens is 2. The average molecular weight is 269 g/mol. The summed E-state index contributed by atoms with van der Waals surface area (Å²) in [5.41, 5.74) is 6.72. The Hall–Kier alpha value is -1.16. The lowest BCUT2D eigenvalue weighted by atomic mass is 9.84. The molecule has 1 saturated heterocycles. The predicted molar refractivity (Wildman–Crippen MR) is 72.4 cm³/mol. The average Bonchev–Trinajstić information content (AvgIpc) is 2.80. The van der Waals surface area contributed by atoms with Gasteiger partial charge in [-0.1, -0.05) is 20.8 Å². The Balaban J connectivity index is 2.41. The van der Waals surface area contributed by atoms with Crippen molar-refractivity contribution in [2.75, 3.05) is 12.3 Å². The van der Waals surface area contributed by atoms with Crippen molar-refractivity contribution in [2.24, 2.45) is 0 Å². The summed E-state index contributed by atoms with van der Waals surface area (Å²) in [6, 6.07) is 4.67. The van der Waals surface area contributed by atoms with Crippen molar-refractivity contribution in [3.63, 3.8) is 0 Å². The highest BCUT2D eigenvalue weighted by Crippen LogP contribution is 2.40. The van der Waals surface area contributed by atoms with Crippen LogP contribution < -0.4 is 5.73 Å². The number of hydrogen-bond acceptors (Lipinski definition) is 2. The third kappa shape index (κ3) is 2.89. The van der Waals surface area contributed by atoms with Gasteiger partial charge < -0.3 is 10.5 Å². The third-order valence-electron chi connectivity index (χ3n) is 3.54. The number of alkyl halides is 2. The maximum atomic E-state index is 14.4. The van der Waals surface area contributed by atoms with Crippen molar-refractivity contribution in [1.29, 1.82) is 0 Å².